The van der Waals surface area contributed by atoms with Crippen LogP contribution in [0.5, 0.6) is 5.75 Å². The second-order valence-electron chi connectivity index (χ2n) is 7.10. The number of hydrogen-bond acceptors (Lipinski definition) is 5. The van der Waals surface area contributed by atoms with Crippen LogP contribution >= 0.6 is 11.3 Å². The first-order valence-electron chi connectivity index (χ1n) is 9.67. The Morgan fingerprint density at radius 1 is 1.03 bits per heavy atom. The van der Waals surface area contributed by atoms with E-state index < -0.39 is 6.04 Å². The number of nitrogens with one attached hydrogen (secondary N) is 2. The summed E-state index contributed by atoms with van der Waals surface area (Å²) in [6.07, 6.45) is 0. The van der Waals surface area contributed by atoms with E-state index in [0.29, 0.717) is 11.4 Å². The van der Waals surface area contributed by atoms with Gasteiger partial charge in [0.05, 0.1) is 28.0 Å². The lowest BCUT2D eigenvalue weighted by atomic mass is 10.1. The number of nitrogens with zero attached hydrogens (tertiary/aromatic N) is 1. The van der Waals surface area contributed by atoms with Crippen LogP contribution in [-0.4, -0.2) is 18.0 Å². The second-order valence-corrected chi connectivity index (χ2v) is 8.33. The van der Waals surface area contributed by atoms with Crippen molar-refractivity contribution in [2.75, 3.05) is 17.7 Å². The van der Waals surface area contributed by atoms with Gasteiger partial charge in [0.15, 0.2) is 0 Å². The van der Waals surface area contributed by atoms with Gasteiger partial charge >= 0.3 is 0 Å². The van der Waals surface area contributed by atoms with Crippen molar-refractivity contribution in [3.05, 3.63) is 82.9 Å². The Kier molecular flexibility index (Phi) is 5.68. The molecule has 0 bridgehead atoms. The van der Waals surface area contributed by atoms with Crippen LogP contribution in [0.3, 0.4) is 0 Å². The molecule has 2 N–H and O–H groups in total. The zero-order valence-corrected chi connectivity index (χ0v) is 17.9. The number of benzene rings is 3. The number of thiazole rings is 1. The Hall–Kier alpha value is -3.38. The van der Waals surface area contributed by atoms with E-state index in [9.17, 15) is 4.79 Å². The van der Waals surface area contributed by atoms with Gasteiger partial charge in [-0.1, -0.05) is 36.4 Å². The Morgan fingerprint density at radius 2 is 1.83 bits per heavy atom. The molecule has 0 aliphatic carbocycles. The number of fused-ring (bicyclic) bond motifs is 1. The van der Waals surface area contributed by atoms with Crippen LogP contribution in [0.25, 0.3) is 10.2 Å². The van der Waals surface area contributed by atoms with Gasteiger partial charge in [0.1, 0.15) is 11.8 Å². The summed E-state index contributed by atoms with van der Waals surface area (Å²) in [5, 5.41) is 7.44. The number of amides is 1. The van der Waals surface area contributed by atoms with Gasteiger partial charge < -0.3 is 15.4 Å². The third kappa shape index (κ3) is 4.28. The van der Waals surface area contributed by atoms with E-state index in [0.717, 1.165) is 32.0 Å². The average Bonchev–Trinajstić information content (AvgIpc) is 3.12. The van der Waals surface area contributed by atoms with E-state index in [1.807, 2.05) is 80.6 Å². The molecule has 0 radical (unpaired) electrons. The Morgan fingerprint density at radius 3 is 2.60 bits per heavy atom. The van der Waals surface area contributed by atoms with Gasteiger partial charge in [0, 0.05) is 5.69 Å². The predicted octanol–water partition coefficient (Wildman–Crippen LogP) is 5.71. The first kappa shape index (κ1) is 19.9. The Bertz CT molecular complexity index is 1190. The summed E-state index contributed by atoms with van der Waals surface area (Å²) < 4.78 is 6.50. The first-order chi connectivity index (χ1) is 14.5. The van der Waals surface area contributed by atoms with Gasteiger partial charge in [-0.2, -0.15) is 0 Å². The van der Waals surface area contributed by atoms with Crippen molar-refractivity contribution in [2.45, 2.75) is 19.9 Å². The molecule has 152 valence electrons. The summed E-state index contributed by atoms with van der Waals surface area (Å²) in [6, 6.07) is 20.8. The van der Waals surface area contributed by atoms with Crippen LogP contribution in [0.1, 0.15) is 22.2 Å². The number of hydrogen-bond donors (Lipinski definition) is 2. The van der Waals surface area contributed by atoms with Crippen molar-refractivity contribution >= 4 is 38.8 Å². The van der Waals surface area contributed by atoms with Crippen LogP contribution in [0.2, 0.25) is 0 Å². The highest BCUT2D eigenvalue weighted by Crippen LogP contribution is 2.30. The molecule has 0 unspecified atom stereocenters. The summed E-state index contributed by atoms with van der Waals surface area (Å²) >= 11 is 1.64. The zero-order chi connectivity index (χ0) is 21.1. The molecule has 0 aliphatic heterocycles. The van der Waals surface area contributed by atoms with E-state index in [1.165, 1.54) is 0 Å². The molecule has 30 heavy (non-hydrogen) atoms. The van der Waals surface area contributed by atoms with Crippen LogP contribution in [0.4, 0.5) is 11.4 Å². The van der Waals surface area contributed by atoms with E-state index in [1.54, 1.807) is 18.4 Å². The third-order valence-electron chi connectivity index (χ3n) is 4.81. The molecule has 1 amide bonds. The SMILES string of the molecule is COc1ccc(C)cc1NC(=O)[C@@H](Nc1ccc2nc(C)sc2c1)c1ccccc1. The van der Waals surface area contributed by atoms with Crippen molar-refractivity contribution in [3.8, 4) is 5.75 Å². The van der Waals surface area contributed by atoms with Crippen molar-refractivity contribution < 1.29 is 9.53 Å². The lowest BCUT2D eigenvalue weighted by Crippen LogP contribution is -2.27. The maximum Gasteiger partial charge on any atom is 0.251 e. The number of rotatable bonds is 6. The van der Waals surface area contributed by atoms with E-state index in [4.69, 9.17) is 4.74 Å². The highest BCUT2D eigenvalue weighted by Gasteiger charge is 2.22. The molecule has 6 heteroatoms. The lowest BCUT2D eigenvalue weighted by molar-refractivity contribution is -0.117. The van der Waals surface area contributed by atoms with E-state index >= 15 is 0 Å². The topological polar surface area (TPSA) is 63.2 Å². The smallest absolute Gasteiger partial charge is 0.251 e. The molecule has 4 aromatic rings. The standard InChI is InChI=1S/C24H23N3O2S/c1-15-9-12-21(29-3)20(13-15)27-24(28)23(17-7-5-4-6-8-17)26-18-10-11-19-22(14-18)30-16(2)25-19/h4-14,23,26H,1-3H3,(H,27,28)/t23-/m0/s1. The van der Waals surface area contributed by atoms with Crippen molar-refractivity contribution in [1.82, 2.24) is 4.98 Å². The number of carbonyl (C=O) groups is 1. The minimum Gasteiger partial charge on any atom is -0.495 e. The minimum atomic E-state index is -0.567. The maximum atomic E-state index is 13.3. The molecule has 0 spiro atoms. The highest BCUT2D eigenvalue weighted by atomic mass is 32.1. The van der Waals surface area contributed by atoms with Crippen molar-refractivity contribution in [2.24, 2.45) is 0 Å². The molecular weight excluding hydrogens is 394 g/mol. The summed E-state index contributed by atoms with van der Waals surface area (Å²) in [4.78, 5) is 17.8. The molecule has 4 rings (SSSR count). The van der Waals surface area contributed by atoms with Gasteiger partial charge in [-0.05, 0) is 55.3 Å². The fourth-order valence-electron chi connectivity index (χ4n) is 3.37. The summed E-state index contributed by atoms with van der Waals surface area (Å²) in [5.41, 5.74) is 4.40. The fourth-order valence-corrected chi connectivity index (χ4v) is 4.23. The fraction of sp³-hybridized carbons (Fsp3) is 0.167. The molecule has 0 saturated carbocycles. The van der Waals surface area contributed by atoms with Gasteiger partial charge in [0.2, 0.25) is 0 Å². The van der Waals surface area contributed by atoms with Gasteiger partial charge in [-0.15, -0.1) is 11.3 Å². The summed E-state index contributed by atoms with van der Waals surface area (Å²) in [7, 11) is 1.60. The van der Waals surface area contributed by atoms with Crippen molar-refractivity contribution in [3.63, 3.8) is 0 Å². The summed E-state index contributed by atoms with van der Waals surface area (Å²) in [6.45, 7) is 3.97. The maximum absolute atomic E-state index is 13.3. The number of anilines is 2. The predicted molar refractivity (Wildman–Crippen MR) is 124 cm³/mol. The minimum absolute atomic E-state index is 0.161. The molecule has 0 fully saturated rings. The van der Waals surface area contributed by atoms with E-state index in [-0.39, 0.29) is 5.91 Å². The molecule has 1 atom stereocenters. The van der Waals surface area contributed by atoms with Crippen LogP contribution in [0.15, 0.2) is 66.7 Å². The molecular formula is C24H23N3O2S. The van der Waals surface area contributed by atoms with Crippen LogP contribution < -0.4 is 15.4 Å². The molecule has 0 aliphatic rings. The van der Waals surface area contributed by atoms with Crippen molar-refractivity contribution in [1.29, 1.82) is 0 Å². The Labute approximate surface area is 179 Å². The average molecular weight is 418 g/mol. The first-order valence-corrected chi connectivity index (χ1v) is 10.5. The largest absolute Gasteiger partial charge is 0.495 e. The molecule has 0 saturated heterocycles. The number of aromatic nitrogens is 1. The quantitative estimate of drug-likeness (QED) is 0.422. The van der Waals surface area contributed by atoms with Gasteiger partial charge in [0.25, 0.3) is 5.91 Å². The normalized spacial score (nSPS) is 11.8. The van der Waals surface area contributed by atoms with Crippen LogP contribution in [0, 0.1) is 13.8 Å². The van der Waals surface area contributed by atoms with Gasteiger partial charge in [-0.25, -0.2) is 4.98 Å². The van der Waals surface area contributed by atoms with E-state index in [2.05, 4.69) is 15.6 Å². The molecule has 1 aromatic heterocycles. The third-order valence-corrected chi connectivity index (χ3v) is 5.75. The molecule has 5 nitrogen and oxygen atoms in total. The Balaban J connectivity index is 1.65. The lowest BCUT2D eigenvalue weighted by Gasteiger charge is -2.21. The second kappa shape index (κ2) is 8.55. The highest BCUT2D eigenvalue weighted by molar-refractivity contribution is 7.18. The number of methoxy groups -OCH3 is 1. The summed E-state index contributed by atoms with van der Waals surface area (Å²) in [5.74, 6) is 0.466. The number of aryl methyl sites for hydroxylation is 2. The van der Waals surface area contributed by atoms with Crippen LogP contribution in [-0.2, 0) is 4.79 Å². The van der Waals surface area contributed by atoms with Gasteiger partial charge in [-0.3, -0.25) is 4.79 Å². The zero-order valence-electron chi connectivity index (χ0n) is 17.1. The monoisotopic (exact) mass is 417 g/mol. The number of ether oxygens (including phenoxy) is 1. The molecule has 3 aromatic carbocycles. The number of carbonyl (C=O) groups excluding carboxylic acids is 1. The molecule has 1 heterocycles.